The molecule has 0 aromatic heterocycles. The average Bonchev–Trinajstić information content (AvgIpc) is 2.54. The maximum atomic E-state index is 5.29. The molecule has 2 N–H and O–H groups in total. The Morgan fingerprint density at radius 3 is 2.36 bits per heavy atom. The van der Waals surface area contributed by atoms with Crippen molar-refractivity contribution in [1.29, 1.82) is 0 Å². The zero-order chi connectivity index (χ0) is 15.8. The van der Waals surface area contributed by atoms with Gasteiger partial charge in [0.2, 0.25) is 0 Å². The minimum Gasteiger partial charge on any atom is -0.497 e. The second-order valence-corrected chi connectivity index (χ2v) is 5.61. The summed E-state index contributed by atoms with van der Waals surface area (Å²) in [5, 5.41) is 7.09. The molecule has 0 fully saturated rings. The van der Waals surface area contributed by atoms with Crippen LogP contribution < -0.4 is 15.4 Å². The molecule has 0 aliphatic carbocycles. The lowest BCUT2D eigenvalue weighted by atomic mass is 10.1. The van der Waals surface area contributed by atoms with Gasteiger partial charge in [-0.25, -0.2) is 0 Å². The van der Waals surface area contributed by atoms with Crippen molar-refractivity contribution in [3.05, 3.63) is 59.7 Å². The number of benzene rings is 2. The molecule has 2 aromatic rings. The summed E-state index contributed by atoms with van der Waals surface area (Å²) < 4.78 is 5.15. The van der Waals surface area contributed by atoms with E-state index in [1.165, 1.54) is 11.1 Å². The van der Waals surface area contributed by atoms with Crippen molar-refractivity contribution in [2.45, 2.75) is 19.8 Å². The van der Waals surface area contributed by atoms with Crippen molar-refractivity contribution in [1.82, 2.24) is 5.32 Å². The summed E-state index contributed by atoms with van der Waals surface area (Å²) >= 11 is 5.29. The van der Waals surface area contributed by atoms with E-state index in [1.807, 2.05) is 24.3 Å². The third kappa shape index (κ3) is 5.37. The molecule has 0 atom stereocenters. The monoisotopic (exact) mass is 314 g/mol. The zero-order valence-corrected chi connectivity index (χ0v) is 13.9. The lowest BCUT2D eigenvalue weighted by molar-refractivity contribution is 0.414. The summed E-state index contributed by atoms with van der Waals surface area (Å²) in [7, 11) is 1.68. The molecule has 0 amide bonds. The van der Waals surface area contributed by atoms with E-state index < -0.39 is 0 Å². The van der Waals surface area contributed by atoms with Crippen LogP contribution in [-0.2, 0) is 6.42 Å². The lowest BCUT2D eigenvalue weighted by Crippen LogP contribution is -2.29. The quantitative estimate of drug-likeness (QED) is 0.625. The Hall–Kier alpha value is -2.07. The van der Waals surface area contributed by atoms with Crippen LogP contribution in [0, 0.1) is 6.92 Å². The average molecular weight is 314 g/mol. The van der Waals surface area contributed by atoms with Crippen LogP contribution >= 0.6 is 12.2 Å². The van der Waals surface area contributed by atoms with Gasteiger partial charge in [0.25, 0.3) is 0 Å². The fourth-order valence-corrected chi connectivity index (χ4v) is 2.32. The number of ether oxygens (including phenoxy) is 1. The molecule has 0 heterocycles. The zero-order valence-electron chi connectivity index (χ0n) is 13.1. The molecule has 0 bridgehead atoms. The lowest BCUT2D eigenvalue weighted by Gasteiger charge is -2.10. The standard InChI is InChI=1S/C18H22N2OS/c1-14-5-9-16(10-6-14)20-18(22)19-13-3-4-15-7-11-17(21-2)12-8-15/h5-12H,3-4,13H2,1-2H3,(H2,19,20,22). The van der Waals surface area contributed by atoms with E-state index in [1.54, 1.807) is 7.11 Å². The molecule has 0 aliphatic rings. The molecule has 0 unspecified atom stereocenters. The summed E-state index contributed by atoms with van der Waals surface area (Å²) in [6.07, 6.45) is 2.05. The number of methoxy groups -OCH3 is 1. The Kier molecular flexibility index (Phi) is 6.22. The first-order valence-electron chi connectivity index (χ1n) is 7.42. The molecule has 116 valence electrons. The number of nitrogens with one attached hydrogen (secondary N) is 2. The largest absolute Gasteiger partial charge is 0.497 e. The summed E-state index contributed by atoms with van der Waals surface area (Å²) in [6, 6.07) is 16.4. The van der Waals surface area contributed by atoms with E-state index in [9.17, 15) is 0 Å². The first-order chi connectivity index (χ1) is 10.7. The number of aryl methyl sites for hydroxylation is 2. The molecule has 0 radical (unpaired) electrons. The fourth-order valence-electron chi connectivity index (χ4n) is 2.10. The van der Waals surface area contributed by atoms with Crippen LogP contribution in [0.1, 0.15) is 17.5 Å². The van der Waals surface area contributed by atoms with Crippen LogP contribution in [0.4, 0.5) is 5.69 Å². The minimum absolute atomic E-state index is 0.665. The second kappa shape index (κ2) is 8.39. The van der Waals surface area contributed by atoms with Gasteiger partial charge in [-0.15, -0.1) is 0 Å². The van der Waals surface area contributed by atoms with Crippen molar-refractivity contribution in [3.63, 3.8) is 0 Å². The number of hydrogen-bond acceptors (Lipinski definition) is 2. The topological polar surface area (TPSA) is 33.3 Å². The summed E-state index contributed by atoms with van der Waals surface area (Å²) in [6.45, 7) is 2.92. The molecule has 2 aromatic carbocycles. The van der Waals surface area contributed by atoms with Gasteiger partial charge in [0, 0.05) is 12.2 Å². The summed E-state index contributed by atoms with van der Waals surface area (Å²) in [4.78, 5) is 0. The Bertz CT molecular complexity index is 593. The molecular weight excluding hydrogens is 292 g/mol. The van der Waals surface area contributed by atoms with Gasteiger partial charge in [-0.1, -0.05) is 29.8 Å². The van der Waals surface area contributed by atoms with Crippen molar-refractivity contribution >= 4 is 23.0 Å². The minimum atomic E-state index is 0.665. The normalized spacial score (nSPS) is 10.1. The second-order valence-electron chi connectivity index (χ2n) is 5.20. The van der Waals surface area contributed by atoms with Gasteiger partial charge in [-0.05, 0) is 61.8 Å². The molecule has 3 nitrogen and oxygen atoms in total. The molecule has 0 spiro atoms. The van der Waals surface area contributed by atoms with Gasteiger partial charge in [-0.3, -0.25) is 0 Å². The molecule has 22 heavy (non-hydrogen) atoms. The molecule has 2 rings (SSSR count). The maximum absolute atomic E-state index is 5.29. The predicted octanol–water partition coefficient (Wildman–Crippen LogP) is 3.92. The Balaban J connectivity index is 1.67. The molecule has 0 aliphatic heterocycles. The van der Waals surface area contributed by atoms with Crippen molar-refractivity contribution in [2.75, 3.05) is 19.0 Å². The van der Waals surface area contributed by atoms with E-state index in [4.69, 9.17) is 17.0 Å². The highest BCUT2D eigenvalue weighted by Crippen LogP contribution is 2.12. The molecule has 4 heteroatoms. The highest BCUT2D eigenvalue weighted by Gasteiger charge is 1.98. The van der Waals surface area contributed by atoms with E-state index in [0.29, 0.717) is 5.11 Å². The van der Waals surface area contributed by atoms with Crippen molar-refractivity contribution < 1.29 is 4.74 Å². The Labute approximate surface area is 137 Å². The number of thiocarbonyl (C=S) groups is 1. The smallest absolute Gasteiger partial charge is 0.170 e. The third-order valence-electron chi connectivity index (χ3n) is 3.40. The van der Waals surface area contributed by atoms with Gasteiger partial charge in [0.1, 0.15) is 5.75 Å². The van der Waals surface area contributed by atoms with Gasteiger partial charge in [0.15, 0.2) is 5.11 Å². The van der Waals surface area contributed by atoms with Crippen LogP contribution in [-0.4, -0.2) is 18.8 Å². The molecule has 0 saturated heterocycles. The molecular formula is C18H22N2OS. The van der Waals surface area contributed by atoms with Gasteiger partial charge in [-0.2, -0.15) is 0 Å². The van der Waals surface area contributed by atoms with Crippen LogP contribution in [0.25, 0.3) is 0 Å². The van der Waals surface area contributed by atoms with Crippen molar-refractivity contribution in [2.24, 2.45) is 0 Å². The highest BCUT2D eigenvalue weighted by molar-refractivity contribution is 7.80. The van der Waals surface area contributed by atoms with Crippen LogP contribution in [0.3, 0.4) is 0 Å². The highest BCUT2D eigenvalue weighted by atomic mass is 32.1. The van der Waals surface area contributed by atoms with E-state index in [-0.39, 0.29) is 0 Å². The summed E-state index contributed by atoms with van der Waals surface area (Å²) in [5.74, 6) is 0.894. The first-order valence-corrected chi connectivity index (χ1v) is 7.82. The predicted molar refractivity (Wildman–Crippen MR) is 96.7 cm³/mol. The Morgan fingerprint density at radius 2 is 1.73 bits per heavy atom. The van der Waals surface area contributed by atoms with E-state index in [2.05, 4.69) is 41.8 Å². The van der Waals surface area contributed by atoms with Gasteiger partial charge < -0.3 is 15.4 Å². The maximum Gasteiger partial charge on any atom is 0.170 e. The summed E-state index contributed by atoms with van der Waals surface area (Å²) in [5.41, 5.74) is 3.56. The number of rotatable bonds is 6. The van der Waals surface area contributed by atoms with Gasteiger partial charge in [0.05, 0.1) is 7.11 Å². The molecule has 0 saturated carbocycles. The van der Waals surface area contributed by atoms with E-state index >= 15 is 0 Å². The van der Waals surface area contributed by atoms with E-state index in [0.717, 1.165) is 30.8 Å². The fraction of sp³-hybridized carbons (Fsp3) is 0.278. The SMILES string of the molecule is COc1ccc(CCCNC(=S)Nc2ccc(C)cc2)cc1. The van der Waals surface area contributed by atoms with Crippen LogP contribution in [0.2, 0.25) is 0 Å². The number of anilines is 1. The van der Waals surface area contributed by atoms with Crippen LogP contribution in [0.5, 0.6) is 5.75 Å². The van der Waals surface area contributed by atoms with Crippen LogP contribution in [0.15, 0.2) is 48.5 Å². The number of hydrogen-bond donors (Lipinski definition) is 2. The third-order valence-corrected chi connectivity index (χ3v) is 3.64. The Morgan fingerprint density at radius 1 is 1.05 bits per heavy atom. The van der Waals surface area contributed by atoms with Crippen molar-refractivity contribution in [3.8, 4) is 5.75 Å². The first kappa shape index (κ1) is 16.3. The van der Waals surface area contributed by atoms with Gasteiger partial charge >= 0.3 is 0 Å².